The third-order valence-electron chi connectivity index (χ3n) is 3.53. The highest BCUT2D eigenvalue weighted by molar-refractivity contribution is 5.69. The Hall–Kier alpha value is -1.76. The molecule has 0 spiro atoms. The van der Waals surface area contributed by atoms with Gasteiger partial charge in [0.05, 0.1) is 0 Å². The summed E-state index contributed by atoms with van der Waals surface area (Å²) in [5.41, 5.74) is 12.0. The lowest BCUT2D eigenvalue weighted by atomic mass is 9.94. The minimum absolute atomic E-state index is 0.496. The third kappa shape index (κ3) is 3.17. The van der Waals surface area contributed by atoms with Crippen molar-refractivity contribution in [3.63, 3.8) is 0 Å². The highest BCUT2D eigenvalue weighted by atomic mass is 14.5. The van der Waals surface area contributed by atoms with E-state index in [1.54, 1.807) is 0 Å². The van der Waals surface area contributed by atoms with Crippen LogP contribution in [0.15, 0.2) is 42.5 Å². The van der Waals surface area contributed by atoms with Crippen molar-refractivity contribution >= 4 is 5.69 Å². The fourth-order valence-electron chi connectivity index (χ4n) is 2.25. The van der Waals surface area contributed by atoms with Crippen molar-refractivity contribution in [1.29, 1.82) is 0 Å². The molecule has 0 aliphatic rings. The van der Waals surface area contributed by atoms with Gasteiger partial charge in [0.2, 0.25) is 0 Å². The number of rotatable bonds is 3. The maximum atomic E-state index is 6.03. The Morgan fingerprint density at radius 3 is 2.00 bits per heavy atom. The van der Waals surface area contributed by atoms with E-state index in [9.17, 15) is 0 Å². The zero-order valence-electron chi connectivity index (χ0n) is 12.3. The quantitative estimate of drug-likeness (QED) is 0.749. The molecular formula is C18H23N. The van der Waals surface area contributed by atoms with Crippen LogP contribution in [0.4, 0.5) is 5.69 Å². The van der Waals surface area contributed by atoms with E-state index in [2.05, 4.69) is 70.2 Å². The first-order valence-electron chi connectivity index (χ1n) is 6.98. The topological polar surface area (TPSA) is 26.0 Å². The van der Waals surface area contributed by atoms with Crippen LogP contribution < -0.4 is 5.73 Å². The molecule has 19 heavy (non-hydrogen) atoms. The standard InChI is InChI=1S/C18H23N/c1-12(2)14-6-5-7-15(8-14)17-9-16(13(3)4)10-18(19)11-17/h5-13H,19H2,1-4H3. The Morgan fingerprint density at radius 2 is 1.37 bits per heavy atom. The van der Waals surface area contributed by atoms with Crippen molar-refractivity contribution in [2.24, 2.45) is 0 Å². The van der Waals surface area contributed by atoms with Gasteiger partial charge in [-0.2, -0.15) is 0 Å². The van der Waals surface area contributed by atoms with Gasteiger partial charge in [-0.15, -0.1) is 0 Å². The van der Waals surface area contributed by atoms with E-state index in [1.807, 2.05) is 0 Å². The molecule has 2 aromatic rings. The lowest BCUT2D eigenvalue weighted by molar-refractivity contribution is 0.865. The van der Waals surface area contributed by atoms with Crippen LogP contribution in [-0.2, 0) is 0 Å². The Kier molecular flexibility index (Phi) is 3.94. The molecule has 0 aromatic heterocycles. The summed E-state index contributed by atoms with van der Waals surface area (Å²) in [6.45, 7) is 8.84. The van der Waals surface area contributed by atoms with Crippen molar-refractivity contribution < 1.29 is 0 Å². The normalized spacial score (nSPS) is 11.3. The van der Waals surface area contributed by atoms with Crippen molar-refractivity contribution in [3.8, 4) is 11.1 Å². The first kappa shape index (κ1) is 13.7. The van der Waals surface area contributed by atoms with Crippen LogP contribution in [0.25, 0.3) is 11.1 Å². The van der Waals surface area contributed by atoms with E-state index >= 15 is 0 Å². The molecule has 0 fully saturated rings. The molecule has 0 amide bonds. The van der Waals surface area contributed by atoms with Crippen LogP contribution in [-0.4, -0.2) is 0 Å². The average Bonchev–Trinajstić information content (AvgIpc) is 2.38. The second-order valence-electron chi connectivity index (χ2n) is 5.82. The molecule has 100 valence electrons. The van der Waals surface area contributed by atoms with Crippen LogP contribution in [0.3, 0.4) is 0 Å². The summed E-state index contributed by atoms with van der Waals surface area (Å²) in [5, 5.41) is 0. The molecule has 0 saturated heterocycles. The van der Waals surface area contributed by atoms with Gasteiger partial charge in [0, 0.05) is 5.69 Å². The number of benzene rings is 2. The summed E-state index contributed by atoms with van der Waals surface area (Å²) in [6.07, 6.45) is 0. The minimum Gasteiger partial charge on any atom is -0.399 e. The van der Waals surface area contributed by atoms with Crippen molar-refractivity contribution in [2.45, 2.75) is 39.5 Å². The monoisotopic (exact) mass is 253 g/mol. The van der Waals surface area contributed by atoms with Gasteiger partial charge in [0.1, 0.15) is 0 Å². The lowest BCUT2D eigenvalue weighted by Gasteiger charge is -2.12. The van der Waals surface area contributed by atoms with Gasteiger partial charge < -0.3 is 5.73 Å². The summed E-state index contributed by atoms with van der Waals surface area (Å²) < 4.78 is 0. The van der Waals surface area contributed by atoms with E-state index in [1.165, 1.54) is 22.3 Å². The molecule has 0 radical (unpaired) electrons. The molecule has 0 heterocycles. The summed E-state index contributed by atoms with van der Waals surface area (Å²) in [7, 11) is 0. The van der Waals surface area contributed by atoms with Gasteiger partial charge >= 0.3 is 0 Å². The fraction of sp³-hybridized carbons (Fsp3) is 0.333. The third-order valence-corrected chi connectivity index (χ3v) is 3.53. The van der Waals surface area contributed by atoms with Crippen LogP contribution in [0.1, 0.15) is 50.7 Å². The van der Waals surface area contributed by atoms with Crippen LogP contribution in [0.2, 0.25) is 0 Å². The van der Waals surface area contributed by atoms with Gasteiger partial charge in [-0.05, 0) is 46.2 Å². The molecule has 0 bridgehead atoms. The molecule has 2 aromatic carbocycles. The van der Waals surface area contributed by atoms with E-state index in [0.717, 1.165) is 5.69 Å². The van der Waals surface area contributed by atoms with E-state index in [4.69, 9.17) is 5.73 Å². The van der Waals surface area contributed by atoms with Crippen LogP contribution in [0, 0.1) is 0 Å². The van der Waals surface area contributed by atoms with Gasteiger partial charge in [-0.25, -0.2) is 0 Å². The molecule has 0 aliphatic heterocycles. The molecule has 0 saturated carbocycles. The Labute approximate surface area is 116 Å². The summed E-state index contributed by atoms with van der Waals surface area (Å²) in [4.78, 5) is 0. The SMILES string of the molecule is CC(C)c1cccc(-c2cc(N)cc(C(C)C)c2)c1. The van der Waals surface area contributed by atoms with Crippen LogP contribution in [0.5, 0.6) is 0 Å². The number of anilines is 1. The maximum Gasteiger partial charge on any atom is 0.0323 e. The molecule has 0 atom stereocenters. The summed E-state index contributed by atoms with van der Waals surface area (Å²) in [6, 6.07) is 15.1. The molecule has 2 N–H and O–H groups in total. The van der Waals surface area contributed by atoms with Crippen molar-refractivity contribution in [3.05, 3.63) is 53.6 Å². The summed E-state index contributed by atoms with van der Waals surface area (Å²) in [5.74, 6) is 1.04. The molecule has 2 rings (SSSR count). The Morgan fingerprint density at radius 1 is 0.737 bits per heavy atom. The van der Waals surface area contributed by atoms with Gasteiger partial charge in [0.25, 0.3) is 0 Å². The highest BCUT2D eigenvalue weighted by Crippen LogP contribution is 2.29. The zero-order valence-corrected chi connectivity index (χ0v) is 12.3. The van der Waals surface area contributed by atoms with E-state index in [0.29, 0.717) is 11.8 Å². The molecule has 0 aliphatic carbocycles. The number of nitrogens with two attached hydrogens (primary N) is 1. The van der Waals surface area contributed by atoms with E-state index < -0.39 is 0 Å². The van der Waals surface area contributed by atoms with Crippen LogP contribution >= 0.6 is 0 Å². The first-order valence-corrected chi connectivity index (χ1v) is 6.98. The van der Waals surface area contributed by atoms with E-state index in [-0.39, 0.29) is 0 Å². The first-order chi connectivity index (χ1) is 8.97. The molecule has 0 unspecified atom stereocenters. The van der Waals surface area contributed by atoms with Crippen molar-refractivity contribution in [1.82, 2.24) is 0 Å². The zero-order chi connectivity index (χ0) is 14.0. The minimum atomic E-state index is 0.496. The lowest BCUT2D eigenvalue weighted by Crippen LogP contribution is -1.94. The smallest absolute Gasteiger partial charge is 0.0323 e. The number of nitrogen functional groups attached to an aromatic ring is 1. The predicted octanol–water partition coefficient (Wildman–Crippen LogP) is 5.18. The Bertz CT molecular complexity index is 568. The number of hydrogen-bond donors (Lipinski definition) is 1. The maximum absolute atomic E-state index is 6.03. The van der Waals surface area contributed by atoms with Gasteiger partial charge in [-0.3, -0.25) is 0 Å². The fourth-order valence-corrected chi connectivity index (χ4v) is 2.25. The predicted molar refractivity (Wildman–Crippen MR) is 84.5 cm³/mol. The molecule has 1 heteroatoms. The Balaban J connectivity index is 2.49. The second kappa shape index (κ2) is 5.48. The highest BCUT2D eigenvalue weighted by Gasteiger charge is 2.06. The second-order valence-corrected chi connectivity index (χ2v) is 5.82. The summed E-state index contributed by atoms with van der Waals surface area (Å²) >= 11 is 0. The van der Waals surface area contributed by atoms with Gasteiger partial charge in [0.15, 0.2) is 0 Å². The largest absolute Gasteiger partial charge is 0.399 e. The van der Waals surface area contributed by atoms with Gasteiger partial charge in [-0.1, -0.05) is 58.0 Å². The average molecular weight is 253 g/mol. The number of hydrogen-bond acceptors (Lipinski definition) is 1. The molecular weight excluding hydrogens is 230 g/mol. The van der Waals surface area contributed by atoms with Crippen molar-refractivity contribution in [2.75, 3.05) is 5.73 Å². The molecule has 1 nitrogen and oxygen atoms in total.